The smallest absolute Gasteiger partial charge is 0.122 e. The molecule has 0 spiro atoms. The average molecular weight is 296 g/mol. The summed E-state index contributed by atoms with van der Waals surface area (Å²) in [6, 6.07) is 8.12. The lowest BCUT2D eigenvalue weighted by atomic mass is 9.96. The van der Waals surface area contributed by atoms with Gasteiger partial charge in [-0.1, -0.05) is 18.2 Å². The Balaban J connectivity index is 2.06. The Bertz CT molecular complexity index is 526. The van der Waals surface area contributed by atoms with Gasteiger partial charge in [0, 0.05) is 11.3 Å². The molecule has 1 atom stereocenters. The molecule has 2 nitrogen and oxygen atoms in total. The lowest BCUT2D eigenvalue weighted by Gasteiger charge is -2.15. The van der Waals surface area contributed by atoms with E-state index in [1.165, 1.54) is 5.56 Å². The highest BCUT2D eigenvalue weighted by atomic mass is 35.5. The van der Waals surface area contributed by atoms with Crippen molar-refractivity contribution in [3.8, 4) is 5.75 Å². The van der Waals surface area contributed by atoms with Gasteiger partial charge in [0.1, 0.15) is 5.75 Å². The van der Waals surface area contributed by atoms with E-state index in [2.05, 4.69) is 16.4 Å². The highest BCUT2D eigenvalue weighted by Crippen LogP contribution is 2.24. The molecular weight excluding hydrogens is 278 g/mol. The number of benzene rings is 1. The number of aromatic nitrogens is 1. The van der Waals surface area contributed by atoms with Gasteiger partial charge in [0.2, 0.25) is 0 Å². The van der Waals surface area contributed by atoms with Crippen LogP contribution in [0.25, 0.3) is 0 Å². The van der Waals surface area contributed by atoms with E-state index >= 15 is 0 Å². The van der Waals surface area contributed by atoms with E-state index in [9.17, 15) is 0 Å². The minimum atomic E-state index is 0.388. The second kappa shape index (κ2) is 6.92. The summed E-state index contributed by atoms with van der Waals surface area (Å²) in [4.78, 5) is 4.51. The van der Waals surface area contributed by atoms with Gasteiger partial charge in [-0.25, -0.2) is 4.98 Å². The van der Waals surface area contributed by atoms with E-state index in [4.69, 9.17) is 16.3 Å². The second-order valence-corrected chi connectivity index (χ2v) is 5.97. The molecular formula is C15H18ClNOS. The first kappa shape index (κ1) is 14.4. The number of nitrogens with zero attached hydrogens (tertiary/aromatic N) is 1. The molecule has 0 N–H and O–H groups in total. The quantitative estimate of drug-likeness (QED) is 0.749. The van der Waals surface area contributed by atoms with Crippen LogP contribution in [0.3, 0.4) is 0 Å². The normalized spacial score (nSPS) is 12.4. The SMILES string of the molecule is COc1ccccc1CC(CCl)Cc1csc(C)n1. The van der Waals surface area contributed by atoms with E-state index in [0.717, 1.165) is 29.3 Å². The number of hydrogen-bond acceptors (Lipinski definition) is 3. The van der Waals surface area contributed by atoms with Gasteiger partial charge in [0.15, 0.2) is 0 Å². The third kappa shape index (κ3) is 3.95. The van der Waals surface area contributed by atoms with Crippen molar-refractivity contribution in [1.82, 2.24) is 4.98 Å². The van der Waals surface area contributed by atoms with Gasteiger partial charge in [-0.2, -0.15) is 0 Å². The summed E-state index contributed by atoms with van der Waals surface area (Å²) in [5.41, 5.74) is 2.35. The topological polar surface area (TPSA) is 22.1 Å². The molecule has 0 aliphatic carbocycles. The number of rotatable bonds is 6. The van der Waals surface area contributed by atoms with Crippen LogP contribution in [0.1, 0.15) is 16.3 Å². The number of ether oxygens (including phenoxy) is 1. The van der Waals surface area contributed by atoms with Crippen molar-refractivity contribution in [2.75, 3.05) is 13.0 Å². The third-order valence-electron chi connectivity index (χ3n) is 3.08. The minimum Gasteiger partial charge on any atom is -0.496 e. The summed E-state index contributed by atoms with van der Waals surface area (Å²) < 4.78 is 5.39. The Morgan fingerprint density at radius 3 is 2.74 bits per heavy atom. The average Bonchev–Trinajstić information content (AvgIpc) is 2.84. The molecule has 19 heavy (non-hydrogen) atoms. The van der Waals surface area contributed by atoms with Crippen LogP contribution in [-0.2, 0) is 12.8 Å². The summed E-state index contributed by atoms with van der Waals surface area (Å²) in [7, 11) is 1.71. The molecule has 1 heterocycles. The van der Waals surface area contributed by atoms with Gasteiger partial charge < -0.3 is 4.74 Å². The van der Waals surface area contributed by atoms with Gasteiger partial charge in [0.25, 0.3) is 0 Å². The second-order valence-electron chi connectivity index (χ2n) is 4.60. The predicted molar refractivity (Wildman–Crippen MR) is 81.5 cm³/mol. The Morgan fingerprint density at radius 1 is 1.32 bits per heavy atom. The molecule has 0 amide bonds. The van der Waals surface area contributed by atoms with Crippen LogP contribution < -0.4 is 4.74 Å². The third-order valence-corrected chi connectivity index (χ3v) is 4.34. The van der Waals surface area contributed by atoms with Crippen molar-refractivity contribution < 1.29 is 4.74 Å². The van der Waals surface area contributed by atoms with Crippen LogP contribution in [0, 0.1) is 12.8 Å². The first-order valence-corrected chi connectivity index (χ1v) is 7.73. The Labute approximate surface area is 123 Å². The summed E-state index contributed by atoms with van der Waals surface area (Å²) >= 11 is 7.80. The van der Waals surface area contributed by atoms with Crippen LogP contribution in [0.5, 0.6) is 5.75 Å². The number of methoxy groups -OCH3 is 1. The summed E-state index contributed by atoms with van der Waals surface area (Å²) in [5.74, 6) is 1.96. The van der Waals surface area contributed by atoms with Crippen molar-refractivity contribution in [3.63, 3.8) is 0 Å². The first-order chi connectivity index (χ1) is 9.22. The molecule has 0 aliphatic rings. The van der Waals surface area contributed by atoms with E-state index in [1.54, 1.807) is 18.4 Å². The number of aryl methyl sites for hydroxylation is 1. The molecule has 4 heteroatoms. The summed E-state index contributed by atoms with van der Waals surface area (Å²) in [5, 5.41) is 3.23. The molecule has 1 aromatic carbocycles. The molecule has 1 unspecified atom stereocenters. The number of halogens is 1. The Hall–Kier alpha value is -1.06. The summed E-state index contributed by atoms with van der Waals surface area (Å²) in [6.07, 6.45) is 1.84. The molecule has 0 bridgehead atoms. The van der Waals surface area contributed by atoms with Crippen LogP contribution in [0.4, 0.5) is 0 Å². The number of alkyl halides is 1. The fraction of sp³-hybridized carbons (Fsp3) is 0.400. The number of thiazole rings is 1. The van der Waals surface area contributed by atoms with Gasteiger partial charge in [-0.15, -0.1) is 22.9 Å². The van der Waals surface area contributed by atoms with E-state index < -0.39 is 0 Å². The van der Waals surface area contributed by atoms with Crippen LogP contribution >= 0.6 is 22.9 Å². The first-order valence-electron chi connectivity index (χ1n) is 6.31. The van der Waals surface area contributed by atoms with Crippen LogP contribution in [0.15, 0.2) is 29.6 Å². The van der Waals surface area contributed by atoms with Crippen LogP contribution in [-0.4, -0.2) is 18.0 Å². The zero-order valence-electron chi connectivity index (χ0n) is 11.2. The Morgan fingerprint density at radius 2 is 2.11 bits per heavy atom. The monoisotopic (exact) mass is 295 g/mol. The lowest BCUT2D eigenvalue weighted by molar-refractivity contribution is 0.405. The van der Waals surface area contributed by atoms with Crippen molar-refractivity contribution in [3.05, 3.63) is 45.9 Å². The van der Waals surface area contributed by atoms with Gasteiger partial charge in [-0.05, 0) is 37.3 Å². The standard InChI is InChI=1S/C15H18ClNOS/c1-11-17-14(10-19-11)8-12(9-16)7-13-5-3-4-6-15(13)18-2/h3-6,10,12H,7-9H2,1-2H3. The molecule has 2 aromatic rings. The maximum absolute atomic E-state index is 6.10. The molecule has 0 saturated heterocycles. The molecule has 0 saturated carbocycles. The minimum absolute atomic E-state index is 0.388. The zero-order chi connectivity index (χ0) is 13.7. The fourth-order valence-corrected chi connectivity index (χ4v) is 3.01. The molecule has 0 aliphatic heterocycles. The highest BCUT2D eigenvalue weighted by molar-refractivity contribution is 7.09. The molecule has 0 fully saturated rings. The Kier molecular flexibility index (Phi) is 5.23. The van der Waals surface area contributed by atoms with Gasteiger partial charge in [-0.3, -0.25) is 0 Å². The van der Waals surface area contributed by atoms with E-state index in [-0.39, 0.29) is 0 Å². The van der Waals surface area contributed by atoms with Crippen molar-refractivity contribution in [2.24, 2.45) is 5.92 Å². The zero-order valence-corrected chi connectivity index (χ0v) is 12.8. The van der Waals surface area contributed by atoms with Crippen molar-refractivity contribution in [2.45, 2.75) is 19.8 Å². The van der Waals surface area contributed by atoms with E-state index in [0.29, 0.717) is 11.8 Å². The number of para-hydroxylation sites is 1. The van der Waals surface area contributed by atoms with Crippen molar-refractivity contribution in [1.29, 1.82) is 0 Å². The highest BCUT2D eigenvalue weighted by Gasteiger charge is 2.14. The largest absolute Gasteiger partial charge is 0.496 e. The van der Waals surface area contributed by atoms with Crippen molar-refractivity contribution >= 4 is 22.9 Å². The van der Waals surface area contributed by atoms with Gasteiger partial charge in [0.05, 0.1) is 17.8 Å². The maximum atomic E-state index is 6.10. The lowest BCUT2D eigenvalue weighted by Crippen LogP contribution is -2.11. The predicted octanol–water partition coefficient (Wildman–Crippen LogP) is 4.10. The van der Waals surface area contributed by atoms with Gasteiger partial charge >= 0.3 is 0 Å². The fourth-order valence-electron chi connectivity index (χ4n) is 2.16. The molecule has 2 rings (SSSR count). The van der Waals surface area contributed by atoms with Crippen LogP contribution in [0.2, 0.25) is 0 Å². The molecule has 102 valence electrons. The molecule has 0 radical (unpaired) electrons. The van der Waals surface area contributed by atoms with E-state index in [1.807, 2.05) is 25.1 Å². The molecule has 1 aromatic heterocycles. The number of hydrogen-bond donors (Lipinski definition) is 0. The maximum Gasteiger partial charge on any atom is 0.122 e. The summed E-state index contributed by atoms with van der Waals surface area (Å²) in [6.45, 7) is 2.03.